The predicted molar refractivity (Wildman–Crippen MR) is 134 cm³/mol. The van der Waals surface area contributed by atoms with Crippen LogP contribution >= 0.6 is 11.8 Å². The molecule has 5 rings (SSSR count). The smallest absolute Gasteiger partial charge is 0.230 e. The van der Waals surface area contributed by atoms with Crippen molar-refractivity contribution in [2.75, 3.05) is 32.0 Å². The van der Waals surface area contributed by atoms with E-state index >= 15 is 0 Å². The maximum atomic E-state index is 12.6. The highest BCUT2D eigenvalue weighted by Crippen LogP contribution is 2.28. The lowest BCUT2D eigenvalue weighted by Gasteiger charge is -2.33. The zero-order valence-electron chi connectivity index (χ0n) is 19.2. The van der Waals surface area contributed by atoms with E-state index in [9.17, 15) is 4.79 Å². The number of benzene rings is 2. The highest BCUT2D eigenvalue weighted by molar-refractivity contribution is 7.99. The molecule has 0 radical (unpaired) electrons. The Bertz CT molecular complexity index is 1210. The minimum Gasteiger partial charge on any atom is -0.461 e. The van der Waals surface area contributed by atoms with E-state index in [2.05, 4.69) is 44.7 Å². The molecule has 0 spiro atoms. The fourth-order valence-corrected chi connectivity index (χ4v) is 4.82. The Labute approximate surface area is 208 Å². The van der Waals surface area contributed by atoms with Gasteiger partial charge < -0.3 is 14.5 Å². The molecule has 0 aliphatic carbocycles. The minimum atomic E-state index is -0.0686. The van der Waals surface area contributed by atoms with Crippen LogP contribution in [0.15, 0.2) is 88.6 Å². The molecular weight excluding hydrogens is 462 g/mol. The van der Waals surface area contributed by atoms with Crippen molar-refractivity contribution >= 4 is 17.7 Å². The molecule has 180 valence electrons. The molecule has 0 bridgehead atoms. The Kier molecular flexibility index (Phi) is 7.57. The summed E-state index contributed by atoms with van der Waals surface area (Å²) in [6, 6.07) is 23.9. The Morgan fingerprint density at radius 1 is 1.03 bits per heavy atom. The standard InChI is InChI=1S/C26H27N5O3S/c32-24(27-16-22-18-30(13-15-33-22)17-20-8-3-1-4-9-20)19-35-26-29-28-25(23-12-7-14-34-23)31(26)21-10-5-2-6-11-21/h1-12,14,22H,13,15-19H2,(H,27,32). The molecule has 1 saturated heterocycles. The molecule has 1 amide bonds. The van der Waals surface area contributed by atoms with E-state index in [0.29, 0.717) is 29.9 Å². The number of ether oxygens (including phenoxy) is 1. The Morgan fingerprint density at radius 3 is 2.60 bits per heavy atom. The molecule has 1 aliphatic rings. The van der Waals surface area contributed by atoms with Gasteiger partial charge in [-0.25, -0.2) is 0 Å². The molecule has 35 heavy (non-hydrogen) atoms. The van der Waals surface area contributed by atoms with Crippen LogP contribution in [0.2, 0.25) is 0 Å². The van der Waals surface area contributed by atoms with Crippen molar-refractivity contribution in [2.24, 2.45) is 0 Å². The van der Waals surface area contributed by atoms with Gasteiger partial charge in [0, 0.05) is 31.9 Å². The molecule has 0 saturated carbocycles. The molecule has 4 aromatic rings. The van der Waals surface area contributed by atoms with Crippen LogP contribution in [0.5, 0.6) is 0 Å². The van der Waals surface area contributed by atoms with Gasteiger partial charge in [0.25, 0.3) is 0 Å². The van der Waals surface area contributed by atoms with Crippen molar-refractivity contribution in [1.82, 2.24) is 25.0 Å². The fraction of sp³-hybridized carbons (Fsp3) is 0.269. The first-order valence-electron chi connectivity index (χ1n) is 11.6. The third-order valence-corrected chi connectivity index (χ3v) is 6.65. The summed E-state index contributed by atoms with van der Waals surface area (Å²) in [4.78, 5) is 15.0. The summed E-state index contributed by atoms with van der Waals surface area (Å²) in [5.74, 6) is 1.37. The summed E-state index contributed by atoms with van der Waals surface area (Å²) in [5.41, 5.74) is 2.19. The van der Waals surface area contributed by atoms with Crippen LogP contribution in [0.1, 0.15) is 5.56 Å². The van der Waals surface area contributed by atoms with E-state index in [0.717, 1.165) is 25.3 Å². The average molecular weight is 490 g/mol. The van der Waals surface area contributed by atoms with E-state index < -0.39 is 0 Å². The largest absolute Gasteiger partial charge is 0.461 e. The summed E-state index contributed by atoms with van der Waals surface area (Å²) >= 11 is 1.34. The van der Waals surface area contributed by atoms with Crippen LogP contribution in [-0.2, 0) is 16.1 Å². The number of thioether (sulfide) groups is 1. The molecule has 9 heteroatoms. The van der Waals surface area contributed by atoms with E-state index in [-0.39, 0.29) is 17.8 Å². The van der Waals surface area contributed by atoms with Crippen molar-refractivity contribution in [3.8, 4) is 17.3 Å². The van der Waals surface area contributed by atoms with Crippen LogP contribution in [0.25, 0.3) is 17.3 Å². The monoisotopic (exact) mass is 489 g/mol. The quantitative estimate of drug-likeness (QED) is 0.359. The first-order valence-corrected chi connectivity index (χ1v) is 12.6. The number of carbonyl (C=O) groups excluding carboxylic acids is 1. The van der Waals surface area contributed by atoms with Crippen LogP contribution in [0.4, 0.5) is 0 Å². The van der Waals surface area contributed by atoms with Gasteiger partial charge in [-0.2, -0.15) is 0 Å². The molecule has 1 N–H and O–H groups in total. The van der Waals surface area contributed by atoms with Crippen molar-refractivity contribution in [2.45, 2.75) is 17.8 Å². The van der Waals surface area contributed by atoms with Gasteiger partial charge in [0.15, 0.2) is 10.9 Å². The first kappa shape index (κ1) is 23.3. The number of rotatable bonds is 9. The number of nitrogens with one attached hydrogen (secondary N) is 1. The number of para-hydroxylation sites is 1. The third-order valence-electron chi connectivity index (χ3n) is 5.72. The molecule has 2 aromatic heterocycles. The van der Waals surface area contributed by atoms with Crippen molar-refractivity contribution in [3.05, 3.63) is 84.6 Å². The zero-order valence-corrected chi connectivity index (χ0v) is 20.1. The van der Waals surface area contributed by atoms with E-state index in [1.54, 1.807) is 6.26 Å². The fourth-order valence-electron chi connectivity index (χ4n) is 4.04. The predicted octanol–water partition coefficient (Wildman–Crippen LogP) is 3.64. The average Bonchev–Trinajstić information content (AvgIpc) is 3.58. The van der Waals surface area contributed by atoms with Gasteiger partial charge in [0.1, 0.15) is 0 Å². The molecule has 2 aromatic carbocycles. The van der Waals surface area contributed by atoms with Gasteiger partial charge in [-0.05, 0) is 29.8 Å². The topological polar surface area (TPSA) is 85.4 Å². The molecule has 1 unspecified atom stereocenters. The number of hydrogen-bond acceptors (Lipinski definition) is 7. The highest BCUT2D eigenvalue weighted by Gasteiger charge is 2.22. The maximum absolute atomic E-state index is 12.6. The second-order valence-corrected chi connectivity index (χ2v) is 9.20. The van der Waals surface area contributed by atoms with Crippen molar-refractivity contribution in [3.63, 3.8) is 0 Å². The van der Waals surface area contributed by atoms with Gasteiger partial charge in [0.05, 0.1) is 24.7 Å². The Hall–Kier alpha value is -3.40. The molecule has 1 atom stereocenters. The lowest BCUT2D eigenvalue weighted by atomic mass is 10.2. The number of amides is 1. The van der Waals surface area contributed by atoms with Gasteiger partial charge in [-0.15, -0.1) is 10.2 Å². The number of aromatic nitrogens is 3. The summed E-state index contributed by atoms with van der Waals surface area (Å²) in [6.07, 6.45) is 1.58. The van der Waals surface area contributed by atoms with Gasteiger partial charge in [-0.1, -0.05) is 60.3 Å². The van der Waals surface area contributed by atoms with Crippen molar-refractivity contribution < 1.29 is 13.9 Å². The third kappa shape index (κ3) is 6.00. The first-order chi connectivity index (χ1) is 17.3. The van der Waals surface area contributed by atoms with Crippen LogP contribution < -0.4 is 5.32 Å². The normalized spacial score (nSPS) is 16.3. The molecule has 3 heterocycles. The summed E-state index contributed by atoms with van der Waals surface area (Å²) < 4.78 is 13.3. The van der Waals surface area contributed by atoms with Crippen LogP contribution in [0.3, 0.4) is 0 Å². The number of hydrogen-bond donors (Lipinski definition) is 1. The lowest BCUT2D eigenvalue weighted by molar-refractivity contribution is -0.119. The van der Waals surface area contributed by atoms with Gasteiger partial charge in [-0.3, -0.25) is 14.3 Å². The molecule has 8 nitrogen and oxygen atoms in total. The zero-order chi connectivity index (χ0) is 23.9. The van der Waals surface area contributed by atoms with Crippen LogP contribution in [0, 0.1) is 0 Å². The van der Waals surface area contributed by atoms with E-state index in [1.807, 2.05) is 53.1 Å². The van der Waals surface area contributed by atoms with Gasteiger partial charge in [0.2, 0.25) is 11.7 Å². The number of furan rings is 1. The number of carbonyl (C=O) groups is 1. The summed E-state index contributed by atoms with van der Waals surface area (Å²) in [5, 5.41) is 12.3. The lowest BCUT2D eigenvalue weighted by Crippen LogP contribution is -2.47. The second-order valence-electron chi connectivity index (χ2n) is 8.26. The second kappa shape index (κ2) is 11.4. The Balaban J connectivity index is 1.17. The van der Waals surface area contributed by atoms with Crippen LogP contribution in [-0.4, -0.2) is 63.7 Å². The van der Waals surface area contributed by atoms with Crippen molar-refractivity contribution in [1.29, 1.82) is 0 Å². The summed E-state index contributed by atoms with van der Waals surface area (Å²) in [6.45, 7) is 3.71. The van der Waals surface area contributed by atoms with E-state index in [1.165, 1.54) is 17.3 Å². The number of nitrogens with zero attached hydrogens (tertiary/aromatic N) is 4. The SMILES string of the molecule is O=C(CSc1nnc(-c2ccco2)n1-c1ccccc1)NCC1CN(Cc2ccccc2)CCO1. The number of morpholine rings is 1. The molecule has 1 fully saturated rings. The minimum absolute atomic E-state index is 0.0278. The summed E-state index contributed by atoms with van der Waals surface area (Å²) in [7, 11) is 0. The molecule has 1 aliphatic heterocycles. The highest BCUT2D eigenvalue weighted by atomic mass is 32.2. The Morgan fingerprint density at radius 2 is 1.83 bits per heavy atom. The van der Waals surface area contributed by atoms with E-state index in [4.69, 9.17) is 9.15 Å². The molecular formula is C26H27N5O3S. The van der Waals surface area contributed by atoms with Gasteiger partial charge >= 0.3 is 0 Å². The maximum Gasteiger partial charge on any atom is 0.230 e.